The second-order valence-electron chi connectivity index (χ2n) is 5.63. The molecule has 1 aliphatic heterocycles. The highest BCUT2D eigenvalue weighted by Gasteiger charge is 2.28. The zero-order chi connectivity index (χ0) is 16.2. The van der Waals surface area contributed by atoms with Gasteiger partial charge in [0.15, 0.2) is 0 Å². The van der Waals surface area contributed by atoms with Gasteiger partial charge in [-0.25, -0.2) is 0 Å². The van der Waals surface area contributed by atoms with E-state index in [9.17, 15) is 9.59 Å². The molecule has 120 valence electrons. The smallest absolute Gasteiger partial charge is 0.248 e. The fraction of sp³-hybridized carbons (Fsp3) is 0.294. The van der Waals surface area contributed by atoms with Crippen LogP contribution in [0.1, 0.15) is 34.1 Å². The summed E-state index contributed by atoms with van der Waals surface area (Å²) < 4.78 is 0. The van der Waals surface area contributed by atoms with Crippen LogP contribution in [0.5, 0.6) is 0 Å². The Balaban J connectivity index is 1.59. The number of hydrogen-bond acceptors (Lipinski definition) is 4. The average molecular weight is 329 g/mol. The van der Waals surface area contributed by atoms with Crippen LogP contribution in [0.3, 0.4) is 0 Å². The highest BCUT2D eigenvalue weighted by molar-refractivity contribution is 7.10. The van der Waals surface area contributed by atoms with Crippen LogP contribution in [0, 0.1) is 0 Å². The minimum absolute atomic E-state index is 0.0414. The number of thiophene rings is 1. The number of carbonyl (C=O) groups is 2. The molecule has 2 heterocycles. The zero-order valence-electron chi connectivity index (χ0n) is 12.7. The molecule has 1 aromatic heterocycles. The highest BCUT2D eigenvalue weighted by atomic mass is 32.1. The molecule has 0 saturated carbocycles. The van der Waals surface area contributed by atoms with Gasteiger partial charge in [-0.1, -0.05) is 6.07 Å². The van der Waals surface area contributed by atoms with E-state index in [1.807, 2.05) is 0 Å². The summed E-state index contributed by atoms with van der Waals surface area (Å²) >= 11 is 1.74. The fourth-order valence-electron chi connectivity index (χ4n) is 2.92. The van der Waals surface area contributed by atoms with Crippen LogP contribution >= 0.6 is 11.3 Å². The minimum atomic E-state index is -0.473. The highest BCUT2D eigenvalue weighted by Crippen LogP contribution is 2.34. The predicted molar refractivity (Wildman–Crippen MR) is 91.5 cm³/mol. The first-order valence-electron chi connectivity index (χ1n) is 7.60. The number of hydrogen-bond donors (Lipinski definition) is 2. The summed E-state index contributed by atoms with van der Waals surface area (Å²) in [5.41, 5.74) is 6.31. The van der Waals surface area contributed by atoms with Crippen molar-refractivity contribution in [3.8, 4) is 0 Å². The Bertz CT molecular complexity index is 682. The first-order valence-corrected chi connectivity index (χ1v) is 8.48. The zero-order valence-corrected chi connectivity index (χ0v) is 13.5. The lowest BCUT2D eigenvalue weighted by atomic mass is 10.2. The molecule has 1 fully saturated rings. The number of nitrogens with two attached hydrogens (primary N) is 1. The molecule has 6 heteroatoms. The summed E-state index contributed by atoms with van der Waals surface area (Å²) in [4.78, 5) is 26.8. The van der Waals surface area contributed by atoms with E-state index >= 15 is 0 Å². The van der Waals surface area contributed by atoms with Crippen molar-refractivity contribution in [2.24, 2.45) is 5.73 Å². The van der Waals surface area contributed by atoms with Gasteiger partial charge in [-0.3, -0.25) is 14.5 Å². The SMILES string of the molecule is NC(=O)c1ccc(NC(=O)CN2CCC[C@H]2c2cccs2)cc1. The van der Waals surface area contributed by atoms with Crippen molar-refractivity contribution in [2.75, 3.05) is 18.4 Å². The molecule has 1 aliphatic rings. The van der Waals surface area contributed by atoms with Crippen LogP contribution in [-0.4, -0.2) is 29.8 Å². The lowest BCUT2D eigenvalue weighted by molar-refractivity contribution is -0.117. The topological polar surface area (TPSA) is 75.4 Å². The molecule has 2 amide bonds. The molecule has 0 spiro atoms. The average Bonchev–Trinajstić information content (AvgIpc) is 3.18. The summed E-state index contributed by atoms with van der Waals surface area (Å²) in [6, 6.07) is 11.1. The van der Waals surface area contributed by atoms with Gasteiger partial charge in [-0.05, 0) is 55.1 Å². The monoisotopic (exact) mass is 329 g/mol. The van der Waals surface area contributed by atoms with Crippen LogP contribution in [0.2, 0.25) is 0 Å². The number of amides is 2. The quantitative estimate of drug-likeness (QED) is 0.885. The van der Waals surface area contributed by atoms with Gasteiger partial charge >= 0.3 is 0 Å². The van der Waals surface area contributed by atoms with Crippen molar-refractivity contribution in [2.45, 2.75) is 18.9 Å². The molecule has 1 atom stereocenters. The van der Waals surface area contributed by atoms with Crippen LogP contribution in [0.25, 0.3) is 0 Å². The minimum Gasteiger partial charge on any atom is -0.366 e. The molecule has 0 bridgehead atoms. The third-order valence-corrected chi connectivity index (χ3v) is 5.01. The van der Waals surface area contributed by atoms with Crippen molar-refractivity contribution in [1.82, 2.24) is 4.90 Å². The largest absolute Gasteiger partial charge is 0.366 e. The summed E-state index contributed by atoms with van der Waals surface area (Å²) in [5.74, 6) is -0.515. The van der Waals surface area contributed by atoms with Crippen molar-refractivity contribution in [1.29, 1.82) is 0 Å². The molecule has 23 heavy (non-hydrogen) atoms. The van der Waals surface area contributed by atoms with E-state index < -0.39 is 5.91 Å². The molecule has 3 N–H and O–H groups in total. The summed E-state index contributed by atoms with van der Waals surface area (Å²) in [5, 5.41) is 4.95. The Hall–Kier alpha value is -2.18. The fourth-order valence-corrected chi connectivity index (χ4v) is 3.82. The predicted octanol–water partition coefficient (Wildman–Crippen LogP) is 2.62. The molecule has 3 rings (SSSR count). The Morgan fingerprint density at radius 2 is 2.04 bits per heavy atom. The van der Waals surface area contributed by atoms with Crippen LogP contribution in [0.4, 0.5) is 5.69 Å². The number of likely N-dealkylation sites (tertiary alicyclic amines) is 1. The first-order chi connectivity index (χ1) is 11.1. The molecular weight excluding hydrogens is 310 g/mol. The maximum Gasteiger partial charge on any atom is 0.248 e. The Labute approximate surface area is 139 Å². The van der Waals surface area contributed by atoms with Gasteiger partial charge in [0.2, 0.25) is 11.8 Å². The Morgan fingerprint density at radius 1 is 1.26 bits per heavy atom. The number of nitrogens with one attached hydrogen (secondary N) is 1. The molecule has 1 saturated heterocycles. The van der Waals surface area contributed by atoms with E-state index in [1.165, 1.54) is 4.88 Å². The summed E-state index contributed by atoms with van der Waals surface area (Å²) in [7, 11) is 0. The van der Waals surface area contributed by atoms with Gasteiger partial charge < -0.3 is 11.1 Å². The third kappa shape index (κ3) is 3.78. The van der Waals surface area contributed by atoms with Crippen molar-refractivity contribution in [3.05, 3.63) is 52.2 Å². The van der Waals surface area contributed by atoms with Crippen molar-refractivity contribution < 1.29 is 9.59 Å². The number of carbonyl (C=O) groups excluding carboxylic acids is 2. The van der Waals surface area contributed by atoms with Gasteiger partial charge in [0.25, 0.3) is 0 Å². The van der Waals surface area contributed by atoms with Crippen LogP contribution in [0.15, 0.2) is 41.8 Å². The normalized spacial score (nSPS) is 18.0. The molecule has 0 unspecified atom stereocenters. The molecule has 0 aliphatic carbocycles. The molecule has 2 aromatic rings. The van der Waals surface area contributed by atoms with E-state index in [0.717, 1.165) is 19.4 Å². The van der Waals surface area contributed by atoms with E-state index in [0.29, 0.717) is 23.8 Å². The van der Waals surface area contributed by atoms with E-state index in [-0.39, 0.29) is 5.91 Å². The van der Waals surface area contributed by atoms with Crippen molar-refractivity contribution in [3.63, 3.8) is 0 Å². The summed E-state index contributed by atoms with van der Waals surface area (Å²) in [6.07, 6.45) is 2.21. The number of benzene rings is 1. The van der Waals surface area contributed by atoms with Crippen molar-refractivity contribution >= 4 is 28.8 Å². The standard InChI is InChI=1S/C17H19N3O2S/c18-17(22)12-5-7-13(8-6-12)19-16(21)11-20-9-1-3-14(20)15-4-2-10-23-15/h2,4-8,10,14H,1,3,9,11H2,(H2,18,22)(H,19,21)/t14-/m0/s1. The van der Waals surface area contributed by atoms with Gasteiger partial charge in [0, 0.05) is 22.2 Å². The third-order valence-electron chi connectivity index (χ3n) is 4.04. The molecule has 1 aromatic carbocycles. The maximum absolute atomic E-state index is 12.3. The first kappa shape index (κ1) is 15.7. The second kappa shape index (κ2) is 6.93. The molecule has 0 radical (unpaired) electrons. The summed E-state index contributed by atoms with van der Waals surface area (Å²) in [6.45, 7) is 1.32. The van der Waals surface area contributed by atoms with Gasteiger partial charge in [-0.2, -0.15) is 0 Å². The van der Waals surface area contributed by atoms with E-state index in [4.69, 9.17) is 5.73 Å². The van der Waals surface area contributed by atoms with Crippen LogP contribution in [-0.2, 0) is 4.79 Å². The van der Waals surface area contributed by atoms with E-state index in [1.54, 1.807) is 35.6 Å². The number of primary amides is 1. The number of anilines is 1. The lowest BCUT2D eigenvalue weighted by Crippen LogP contribution is -2.32. The van der Waals surface area contributed by atoms with Gasteiger partial charge in [-0.15, -0.1) is 11.3 Å². The van der Waals surface area contributed by atoms with Crippen LogP contribution < -0.4 is 11.1 Å². The molecular formula is C17H19N3O2S. The lowest BCUT2D eigenvalue weighted by Gasteiger charge is -2.22. The number of nitrogens with zero attached hydrogens (tertiary/aromatic N) is 1. The molecule has 5 nitrogen and oxygen atoms in total. The van der Waals surface area contributed by atoms with E-state index in [2.05, 4.69) is 27.7 Å². The van der Waals surface area contributed by atoms with Gasteiger partial charge in [0.1, 0.15) is 0 Å². The number of rotatable bonds is 5. The Morgan fingerprint density at radius 3 is 2.70 bits per heavy atom. The van der Waals surface area contributed by atoms with Gasteiger partial charge in [0.05, 0.1) is 6.54 Å². The maximum atomic E-state index is 12.3. The second-order valence-corrected chi connectivity index (χ2v) is 6.61. The Kier molecular flexibility index (Phi) is 4.73.